The summed E-state index contributed by atoms with van der Waals surface area (Å²) in [6, 6.07) is 8.46. The van der Waals surface area contributed by atoms with Gasteiger partial charge in [-0.1, -0.05) is 6.92 Å². The number of nitrogens with one attached hydrogen (secondary N) is 1. The van der Waals surface area contributed by atoms with Crippen LogP contribution in [-0.2, 0) is 4.74 Å². The van der Waals surface area contributed by atoms with Crippen LogP contribution in [0.15, 0.2) is 42.7 Å². The lowest BCUT2D eigenvalue weighted by molar-refractivity contribution is 0.0600. The third-order valence-corrected chi connectivity index (χ3v) is 4.70. The van der Waals surface area contributed by atoms with Crippen LogP contribution in [0.4, 0.5) is 11.4 Å². The van der Waals surface area contributed by atoms with Gasteiger partial charge in [0.1, 0.15) is 0 Å². The Bertz CT molecular complexity index is 781. The van der Waals surface area contributed by atoms with E-state index in [9.17, 15) is 9.59 Å². The molecule has 0 saturated carbocycles. The SMILES string of the molecule is COC(=O)c1ccc(NC(=O)c2cncc(N3CCC(C)CC3)c2)cc1. The Balaban J connectivity index is 1.68. The van der Waals surface area contributed by atoms with E-state index in [1.54, 1.807) is 36.7 Å². The summed E-state index contributed by atoms with van der Waals surface area (Å²) >= 11 is 0. The Morgan fingerprint density at radius 2 is 1.81 bits per heavy atom. The Morgan fingerprint density at radius 3 is 2.46 bits per heavy atom. The van der Waals surface area contributed by atoms with Gasteiger partial charge in [-0.05, 0) is 49.1 Å². The van der Waals surface area contributed by atoms with E-state index < -0.39 is 5.97 Å². The molecule has 0 spiro atoms. The van der Waals surface area contributed by atoms with Crippen LogP contribution in [-0.4, -0.2) is 37.1 Å². The topological polar surface area (TPSA) is 71.5 Å². The van der Waals surface area contributed by atoms with Crippen LogP contribution in [0.25, 0.3) is 0 Å². The first kappa shape index (κ1) is 17.9. The summed E-state index contributed by atoms with van der Waals surface area (Å²) in [5, 5.41) is 2.83. The zero-order chi connectivity index (χ0) is 18.5. The van der Waals surface area contributed by atoms with Crippen LogP contribution in [0.3, 0.4) is 0 Å². The predicted octanol–water partition coefficient (Wildman–Crippen LogP) is 3.36. The number of pyridine rings is 1. The second kappa shape index (κ2) is 7.99. The molecule has 1 amide bonds. The van der Waals surface area contributed by atoms with E-state index in [0.717, 1.165) is 37.5 Å². The molecule has 1 aromatic carbocycles. The van der Waals surface area contributed by atoms with Gasteiger partial charge in [-0.15, -0.1) is 0 Å². The average molecular weight is 353 g/mol. The molecule has 0 aliphatic carbocycles. The smallest absolute Gasteiger partial charge is 0.337 e. The summed E-state index contributed by atoms with van der Waals surface area (Å²) in [6.07, 6.45) is 5.68. The van der Waals surface area contributed by atoms with E-state index in [2.05, 4.69) is 26.9 Å². The molecule has 0 bridgehead atoms. The minimum absolute atomic E-state index is 0.226. The summed E-state index contributed by atoms with van der Waals surface area (Å²) in [7, 11) is 1.33. The molecule has 0 unspecified atom stereocenters. The van der Waals surface area contributed by atoms with Crippen molar-refractivity contribution < 1.29 is 14.3 Å². The summed E-state index contributed by atoms with van der Waals surface area (Å²) < 4.78 is 4.66. The molecule has 3 rings (SSSR count). The van der Waals surface area contributed by atoms with E-state index >= 15 is 0 Å². The number of esters is 1. The molecule has 2 heterocycles. The van der Waals surface area contributed by atoms with E-state index in [1.807, 2.05) is 6.07 Å². The lowest BCUT2D eigenvalue weighted by Crippen LogP contribution is -2.33. The standard InChI is InChI=1S/C20H23N3O3/c1-14-7-9-23(10-8-14)18-11-16(12-21-13-18)19(24)22-17-5-3-15(4-6-17)20(25)26-2/h3-6,11-14H,7-10H2,1-2H3,(H,22,24). The van der Waals surface area contributed by atoms with Crippen molar-refractivity contribution in [1.82, 2.24) is 4.98 Å². The highest BCUT2D eigenvalue weighted by Crippen LogP contribution is 2.23. The number of aromatic nitrogens is 1. The number of carbonyl (C=O) groups is 2. The largest absolute Gasteiger partial charge is 0.465 e. The number of methoxy groups -OCH3 is 1. The number of piperidine rings is 1. The number of amides is 1. The number of benzene rings is 1. The zero-order valence-corrected chi connectivity index (χ0v) is 15.1. The minimum Gasteiger partial charge on any atom is -0.465 e. The maximum atomic E-state index is 12.5. The van der Waals surface area contributed by atoms with Crippen LogP contribution >= 0.6 is 0 Å². The van der Waals surface area contributed by atoms with E-state index in [4.69, 9.17) is 0 Å². The van der Waals surface area contributed by atoms with E-state index in [-0.39, 0.29) is 5.91 Å². The summed E-state index contributed by atoms with van der Waals surface area (Å²) in [5.41, 5.74) is 2.54. The number of ether oxygens (including phenoxy) is 1. The lowest BCUT2D eigenvalue weighted by Gasteiger charge is -2.32. The fourth-order valence-corrected chi connectivity index (χ4v) is 3.00. The maximum absolute atomic E-state index is 12.5. The van der Waals surface area contributed by atoms with Gasteiger partial charge >= 0.3 is 5.97 Å². The average Bonchev–Trinajstić information content (AvgIpc) is 2.68. The van der Waals surface area contributed by atoms with Crippen molar-refractivity contribution in [2.45, 2.75) is 19.8 Å². The van der Waals surface area contributed by atoms with Gasteiger partial charge in [-0.3, -0.25) is 9.78 Å². The van der Waals surface area contributed by atoms with Gasteiger partial charge in [0.25, 0.3) is 5.91 Å². The summed E-state index contributed by atoms with van der Waals surface area (Å²) in [6.45, 7) is 4.25. The number of hydrogen-bond donors (Lipinski definition) is 1. The van der Waals surface area contributed by atoms with Gasteiger partial charge in [-0.25, -0.2) is 4.79 Å². The fraction of sp³-hybridized carbons (Fsp3) is 0.350. The molecular formula is C20H23N3O3. The number of rotatable bonds is 4. The highest BCUT2D eigenvalue weighted by molar-refractivity contribution is 6.04. The second-order valence-electron chi connectivity index (χ2n) is 6.62. The Hall–Kier alpha value is -2.89. The van der Waals surface area contributed by atoms with Crippen LogP contribution in [0.2, 0.25) is 0 Å². The molecule has 6 heteroatoms. The van der Waals surface area contributed by atoms with Crippen LogP contribution in [0.5, 0.6) is 0 Å². The van der Waals surface area contributed by atoms with Crippen molar-refractivity contribution in [1.29, 1.82) is 0 Å². The van der Waals surface area contributed by atoms with Crippen LogP contribution < -0.4 is 10.2 Å². The molecule has 6 nitrogen and oxygen atoms in total. The highest BCUT2D eigenvalue weighted by Gasteiger charge is 2.17. The molecular weight excluding hydrogens is 330 g/mol. The van der Waals surface area contributed by atoms with Gasteiger partial charge in [0, 0.05) is 25.0 Å². The normalized spacial score (nSPS) is 14.8. The molecule has 1 aliphatic rings. The Kier molecular flexibility index (Phi) is 5.51. The Labute approximate surface area is 153 Å². The van der Waals surface area contributed by atoms with Gasteiger partial charge in [0.05, 0.1) is 30.1 Å². The quantitative estimate of drug-likeness (QED) is 0.854. The molecule has 26 heavy (non-hydrogen) atoms. The molecule has 1 fully saturated rings. The Morgan fingerprint density at radius 1 is 1.12 bits per heavy atom. The number of anilines is 2. The molecule has 0 atom stereocenters. The number of hydrogen-bond acceptors (Lipinski definition) is 5. The predicted molar refractivity (Wildman–Crippen MR) is 101 cm³/mol. The molecule has 0 radical (unpaired) electrons. The van der Waals surface area contributed by atoms with Crippen molar-refractivity contribution in [2.75, 3.05) is 30.4 Å². The van der Waals surface area contributed by atoms with Crippen molar-refractivity contribution in [2.24, 2.45) is 5.92 Å². The van der Waals surface area contributed by atoms with Gasteiger partial charge in [0.15, 0.2) is 0 Å². The monoisotopic (exact) mass is 353 g/mol. The minimum atomic E-state index is -0.407. The molecule has 1 aliphatic heterocycles. The summed E-state index contributed by atoms with van der Waals surface area (Å²) in [5.74, 6) is 0.116. The maximum Gasteiger partial charge on any atom is 0.337 e. The third-order valence-electron chi connectivity index (χ3n) is 4.70. The van der Waals surface area contributed by atoms with Crippen molar-refractivity contribution >= 4 is 23.3 Å². The fourth-order valence-electron chi connectivity index (χ4n) is 3.00. The first-order valence-corrected chi connectivity index (χ1v) is 8.76. The molecule has 2 aromatic rings. The van der Waals surface area contributed by atoms with Gasteiger partial charge in [-0.2, -0.15) is 0 Å². The van der Waals surface area contributed by atoms with Gasteiger partial charge in [0.2, 0.25) is 0 Å². The van der Waals surface area contributed by atoms with Crippen LogP contribution in [0.1, 0.15) is 40.5 Å². The molecule has 136 valence electrons. The first-order valence-electron chi connectivity index (χ1n) is 8.76. The lowest BCUT2D eigenvalue weighted by atomic mass is 9.99. The first-order chi connectivity index (χ1) is 12.6. The molecule has 1 aromatic heterocycles. The summed E-state index contributed by atoms with van der Waals surface area (Å²) in [4.78, 5) is 30.5. The van der Waals surface area contributed by atoms with Crippen molar-refractivity contribution in [3.05, 3.63) is 53.9 Å². The van der Waals surface area contributed by atoms with Crippen LogP contribution in [0, 0.1) is 5.92 Å². The van der Waals surface area contributed by atoms with Gasteiger partial charge < -0.3 is 15.0 Å². The highest BCUT2D eigenvalue weighted by atomic mass is 16.5. The van der Waals surface area contributed by atoms with E-state index in [1.165, 1.54) is 7.11 Å². The number of carbonyl (C=O) groups excluding carboxylic acids is 2. The third kappa shape index (κ3) is 4.20. The van der Waals surface area contributed by atoms with Crippen molar-refractivity contribution in [3.63, 3.8) is 0 Å². The molecule has 1 saturated heterocycles. The number of nitrogens with zero attached hydrogens (tertiary/aromatic N) is 2. The zero-order valence-electron chi connectivity index (χ0n) is 15.1. The van der Waals surface area contributed by atoms with Crippen molar-refractivity contribution in [3.8, 4) is 0 Å². The molecule has 1 N–H and O–H groups in total. The van der Waals surface area contributed by atoms with E-state index in [0.29, 0.717) is 16.8 Å². The second-order valence-corrected chi connectivity index (χ2v) is 6.62.